The Balaban J connectivity index is 2.23. The predicted molar refractivity (Wildman–Crippen MR) is 115 cm³/mol. The molecule has 0 spiro atoms. The van der Waals surface area contributed by atoms with Crippen molar-refractivity contribution in [3.63, 3.8) is 0 Å². The minimum atomic E-state index is -4.19. The number of anilines is 1. The van der Waals surface area contributed by atoms with Gasteiger partial charge in [-0.05, 0) is 74.0 Å². The molecule has 0 aliphatic rings. The van der Waals surface area contributed by atoms with Crippen LogP contribution in [0.4, 0.5) is 14.5 Å². The molecule has 0 saturated carbocycles. The van der Waals surface area contributed by atoms with Crippen molar-refractivity contribution in [1.29, 1.82) is 0 Å². The van der Waals surface area contributed by atoms with Crippen molar-refractivity contribution in [2.45, 2.75) is 24.8 Å². The van der Waals surface area contributed by atoms with Gasteiger partial charge in [-0.1, -0.05) is 6.07 Å². The van der Waals surface area contributed by atoms with E-state index in [-0.39, 0.29) is 10.6 Å². The highest BCUT2D eigenvalue weighted by Gasteiger charge is 2.32. The van der Waals surface area contributed by atoms with Crippen LogP contribution in [0.3, 0.4) is 0 Å². The van der Waals surface area contributed by atoms with Crippen LogP contribution < -0.4 is 13.8 Å². The Kier molecular flexibility index (Phi) is 6.50. The second kappa shape index (κ2) is 8.93. The van der Waals surface area contributed by atoms with Crippen LogP contribution in [-0.2, 0) is 10.0 Å². The molecule has 0 N–H and O–H groups in total. The van der Waals surface area contributed by atoms with Crippen molar-refractivity contribution in [1.82, 2.24) is 0 Å². The summed E-state index contributed by atoms with van der Waals surface area (Å²) in [6, 6.07) is 12.9. The molecule has 5 nitrogen and oxygen atoms in total. The minimum Gasteiger partial charge on any atom is -0.497 e. The first-order chi connectivity index (χ1) is 14.7. The average Bonchev–Trinajstić information content (AvgIpc) is 2.76. The Hall–Kier alpha value is -3.13. The van der Waals surface area contributed by atoms with Gasteiger partial charge in [-0.15, -0.1) is 0 Å². The molecular weight excluding hydrogens is 424 g/mol. The number of hydrogen-bond donors (Lipinski definition) is 0. The maximum atomic E-state index is 14.4. The van der Waals surface area contributed by atoms with E-state index < -0.39 is 27.7 Å². The summed E-state index contributed by atoms with van der Waals surface area (Å²) in [7, 11) is -1.22. The van der Waals surface area contributed by atoms with E-state index in [1.807, 2.05) is 0 Å². The highest BCUT2D eigenvalue weighted by molar-refractivity contribution is 7.92. The first-order valence-corrected chi connectivity index (χ1v) is 10.9. The topological polar surface area (TPSA) is 55.8 Å². The van der Waals surface area contributed by atoms with Gasteiger partial charge in [-0.2, -0.15) is 0 Å². The van der Waals surface area contributed by atoms with Gasteiger partial charge < -0.3 is 9.47 Å². The summed E-state index contributed by atoms with van der Waals surface area (Å²) in [5, 5.41) is 0. The predicted octanol–water partition coefficient (Wildman–Crippen LogP) is 5.25. The molecule has 1 atom stereocenters. The van der Waals surface area contributed by atoms with Crippen molar-refractivity contribution in [2.75, 3.05) is 18.5 Å². The summed E-state index contributed by atoms with van der Waals surface area (Å²) in [6.07, 6.45) is 0. The molecule has 0 bridgehead atoms. The van der Waals surface area contributed by atoms with Gasteiger partial charge in [-0.25, -0.2) is 17.2 Å². The number of halogens is 2. The number of nitrogens with zero attached hydrogens (tertiary/aromatic N) is 1. The molecule has 0 heterocycles. The summed E-state index contributed by atoms with van der Waals surface area (Å²) in [5.41, 5.74) is 1.04. The normalized spacial score (nSPS) is 12.3. The first-order valence-electron chi connectivity index (χ1n) is 9.47. The second-order valence-corrected chi connectivity index (χ2v) is 8.79. The Morgan fingerprint density at radius 1 is 0.903 bits per heavy atom. The second-order valence-electron chi connectivity index (χ2n) is 6.97. The van der Waals surface area contributed by atoms with Crippen LogP contribution in [0.1, 0.15) is 24.1 Å². The van der Waals surface area contributed by atoms with E-state index in [1.165, 1.54) is 44.6 Å². The molecule has 3 rings (SSSR count). The largest absolute Gasteiger partial charge is 0.497 e. The highest BCUT2D eigenvalue weighted by Crippen LogP contribution is 2.38. The minimum absolute atomic E-state index is 0.122. The van der Waals surface area contributed by atoms with Crippen LogP contribution in [0.5, 0.6) is 11.5 Å². The molecule has 0 amide bonds. The van der Waals surface area contributed by atoms with Crippen molar-refractivity contribution in [3.05, 3.63) is 83.4 Å². The fourth-order valence-corrected chi connectivity index (χ4v) is 4.93. The number of benzene rings is 3. The standard InChI is InChI=1S/C23H23F2NO4S/c1-15-5-8-18(13-22(15)25)26(31(27,28)20-10-6-17(24)7-11-20)16(2)21-14-19(29-3)9-12-23(21)30-4/h5-14,16H,1-4H3/t16-/m0/s1. The zero-order chi connectivity index (χ0) is 22.8. The van der Waals surface area contributed by atoms with Crippen molar-refractivity contribution < 1.29 is 26.7 Å². The van der Waals surface area contributed by atoms with Crippen molar-refractivity contribution in [3.8, 4) is 11.5 Å². The van der Waals surface area contributed by atoms with Crippen LogP contribution in [0.15, 0.2) is 65.6 Å². The molecule has 164 valence electrons. The molecule has 3 aromatic rings. The smallest absolute Gasteiger partial charge is 0.264 e. The van der Waals surface area contributed by atoms with Gasteiger partial charge in [0.15, 0.2) is 0 Å². The van der Waals surface area contributed by atoms with E-state index >= 15 is 0 Å². The molecular formula is C23H23F2NO4S. The van der Waals surface area contributed by atoms with E-state index in [2.05, 4.69) is 0 Å². The lowest BCUT2D eigenvalue weighted by atomic mass is 10.1. The van der Waals surface area contributed by atoms with Crippen LogP contribution in [-0.4, -0.2) is 22.6 Å². The van der Waals surface area contributed by atoms with Gasteiger partial charge in [0.05, 0.1) is 30.8 Å². The Morgan fingerprint density at radius 2 is 1.58 bits per heavy atom. The highest BCUT2D eigenvalue weighted by atomic mass is 32.2. The van der Waals surface area contributed by atoms with Gasteiger partial charge in [0.25, 0.3) is 10.0 Å². The summed E-state index contributed by atoms with van der Waals surface area (Å²) < 4.78 is 66.9. The van der Waals surface area contributed by atoms with Gasteiger partial charge in [0, 0.05) is 5.56 Å². The fourth-order valence-electron chi connectivity index (χ4n) is 3.30. The van der Waals surface area contributed by atoms with E-state index in [9.17, 15) is 17.2 Å². The molecule has 31 heavy (non-hydrogen) atoms. The zero-order valence-electron chi connectivity index (χ0n) is 17.6. The Labute approximate surface area is 180 Å². The van der Waals surface area contributed by atoms with E-state index in [0.717, 1.165) is 16.4 Å². The van der Waals surface area contributed by atoms with Crippen LogP contribution in [0.2, 0.25) is 0 Å². The Morgan fingerprint density at radius 3 is 2.16 bits per heavy atom. The van der Waals surface area contributed by atoms with E-state index in [0.29, 0.717) is 22.6 Å². The summed E-state index contributed by atoms with van der Waals surface area (Å²) >= 11 is 0. The molecule has 0 radical (unpaired) electrons. The van der Waals surface area contributed by atoms with Gasteiger partial charge in [0.1, 0.15) is 23.1 Å². The number of rotatable bonds is 7. The summed E-state index contributed by atoms with van der Waals surface area (Å²) in [6.45, 7) is 3.25. The lowest BCUT2D eigenvalue weighted by molar-refractivity contribution is 0.396. The maximum Gasteiger partial charge on any atom is 0.264 e. The number of methoxy groups -OCH3 is 2. The number of hydrogen-bond acceptors (Lipinski definition) is 4. The fraction of sp³-hybridized carbons (Fsp3) is 0.217. The maximum absolute atomic E-state index is 14.4. The van der Waals surface area contributed by atoms with Crippen LogP contribution in [0, 0.1) is 18.6 Å². The molecule has 0 aromatic heterocycles. The van der Waals surface area contributed by atoms with Gasteiger partial charge in [-0.3, -0.25) is 4.31 Å². The summed E-state index contributed by atoms with van der Waals surface area (Å²) in [4.78, 5) is -0.122. The molecule has 0 aliphatic heterocycles. The van der Waals surface area contributed by atoms with Gasteiger partial charge in [0.2, 0.25) is 0 Å². The zero-order valence-corrected chi connectivity index (χ0v) is 18.4. The Bertz CT molecular complexity index is 1180. The first kappa shape index (κ1) is 22.6. The van der Waals surface area contributed by atoms with Crippen molar-refractivity contribution >= 4 is 15.7 Å². The van der Waals surface area contributed by atoms with Crippen LogP contribution in [0.25, 0.3) is 0 Å². The number of aryl methyl sites for hydroxylation is 1. The molecule has 0 saturated heterocycles. The quantitative estimate of drug-likeness (QED) is 0.497. The average molecular weight is 448 g/mol. The third-order valence-electron chi connectivity index (χ3n) is 5.02. The van der Waals surface area contributed by atoms with E-state index in [1.54, 1.807) is 32.0 Å². The van der Waals surface area contributed by atoms with Crippen LogP contribution >= 0.6 is 0 Å². The molecule has 8 heteroatoms. The van der Waals surface area contributed by atoms with Gasteiger partial charge >= 0.3 is 0 Å². The number of ether oxygens (including phenoxy) is 2. The molecule has 0 unspecified atom stereocenters. The summed E-state index contributed by atoms with van der Waals surface area (Å²) in [5.74, 6) is -0.145. The lowest BCUT2D eigenvalue weighted by Crippen LogP contribution is -2.34. The molecule has 0 fully saturated rings. The molecule has 0 aliphatic carbocycles. The van der Waals surface area contributed by atoms with E-state index in [4.69, 9.17) is 9.47 Å². The monoisotopic (exact) mass is 447 g/mol. The van der Waals surface area contributed by atoms with Crippen molar-refractivity contribution in [2.24, 2.45) is 0 Å². The third-order valence-corrected chi connectivity index (χ3v) is 6.93. The lowest BCUT2D eigenvalue weighted by Gasteiger charge is -2.32. The molecule has 3 aromatic carbocycles. The third kappa shape index (κ3) is 4.49. The SMILES string of the molecule is COc1ccc(OC)c([C@H](C)N(c2ccc(C)c(F)c2)S(=O)(=O)c2ccc(F)cc2)c1. The number of sulfonamides is 1.